The van der Waals surface area contributed by atoms with Crippen LogP contribution >= 0.6 is 0 Å². The van der Waals surface area contributed by atoms with Crippen LogP contribution in [0.5, 0.6) is 0 Å². The molecular weight excluding hydrogens is 396 g/mol. The molecule has 2 aliphatic carbocycles. The number of fused-ring (bicyclic) bond motifs is 4. The summed E-state index contributed by atoms with van der Waals surface area (Å²) in [4.78, 5) is 12.6. The smallest absolute Gasteiger partial charge is 0.310 e. The lowest BCUT2D eigenvalue weighted by Gasteiger charge is -2.50. The van der Waals surface area contributed by atoms with Crippen LogP contribution in [-0.2, 0) is 19.0 Å². The Hall–Kier alpha value is -0.810. The first-order chi connectivity index (χ1) is 14.1. The molecule has 12 atom stereocenters. The molecular formula is C21H34O9. The van der Waals surface area contributed by atoms with Gasteiger partial charge in [-0.05, 0) is 30.6 Å². The average Bonchev–Trinajstić information content (AvgIpc) is 3.20. The topological polar surface area (TPSA) is 146 Å². The molecule has 2 unspecified atom stereocenters. The van der Waals surface area contributed by atoms with Crippen molar-refractivity contribution in [3.63, 3.8) is 0 Å². The Kier molecular flexibility index (Phi) is 5.93. The van der Waals surface area contributed by atoms with E-state index in [1.807, 2.05) is 6.92 Å². The minimum atomic E-state index is -1.50. The quantitative estimate of drug-likeness (QED) is 0.348. The van der Waals surface area contributed by atoms with Crippen LogP contribution in [0.1, 0.15) is 33.6 Å². The van der Waals surface area contributed by atoms with Crippen molar-refractivity contribution >= 4 is 5.97 Å². The Morgan fingerprint density at radius 2 is 1.83 bits per heavy atom. The molecule has 9 heteroatoms. The molecule has 2 saturated carbocycles. The second-order valence-electron chi connectivity index (χ2n) is 9.97. The van der Waals surface area contributed by atoms with Gasteiger partial charge in [0.15, 0.2) is 6.29 Å². The fourth-order valence-electron chi connectivity index (χ4n) is 6.52. The predicted octanol–water partition coefficient (Wildman–Crippen LogP) is -0.976. The lowest BCUT2D eigenvalue weighted by molar-refractivity contribution is -0.305. The Morgan fingerprint density at radius 3 is 2.47 bits per heavy atom. The van der Waals surface area contributed by atoms with Crippen molar-refractivity contribution in [1.82, 2.24) is 0 Å². The zero-order chi connectivity index (χ0) is 22.0. The number of rotatable bonds is 5. The van der Waals surface area contributed by atoms with E-state index in [9.17, 15) is 30.3 Å². The van der Waals surface area contributed by atoms with Gasteiger partial charge < -0.3 is 39.7 Å². The van der Waals surface area contributed by atoms with Gasteiger partial charge in [0.05, 0.1) is 25.2 Å². The van der Waals surface area contributed by atoms with Crippen LogP contribution in [0.25, 0.3) is 0 Å². The number of hydrogen-bond acceptors (Lipinski definition) is 9. The number of aliphatic hydroxyl groups excluding tert-OH is 5. The van der Waals surface area contributed by atoms with Gasteiger partial charge in [0.2, 0.25) is 0 Å². The van der Waals surface area contributed by atoms with Crippen LogP contribution in [0.4, 0.5) is 0 Å². The second kappa shape index (κ2) is 7.95. The zero-order valence-corrected chi connectivity index (χ0v) is 17.6. The van der Waals surface area contributed by atoms with Crippen LogP contribution in [0, 0.1) is 35.0 Å². The fraction of sp³-hybridized carbons (Fsp3) is 0.952. The number of carbonyl (C=O) groups is 1. The molecule has 9 nitrogen and oxygen atoms in total. The normalized spacial score (nSPS) is 53.1. The molecule has 2 aliphatic heterocycles. The zero-order valence-electron chi connectivity index (χ0n) is 17.6. The summed E-state index contributed by atoms with van der Waals surface area (Å²) in [6.45, 7) is 5.71. The monoisotopic (exact) mass is 430 g/mol. The standard InChI is InChI=1S/C21H34O9/c1-8(2)12-13-10-5-4-9(21(10,3)18(26)17(12)30-19(13)27)7-28-20-16(25)15(24)14(23)11(6-22)29-20/h8-18,20,22-26H,4-7H2,1-3H3/t9-,10-,11-,12-,13?,14-,15+,16-,17?,18+,20-,21-/m1/s1. The third kappa shape index (κ3) is 3.13. The van der Waals surface area contributed by atoms with E-state index in [1.165, 1.54) is 0 Å². The number of carbonyl (C=O) groups excluding carboxylic acids is 1. The molecule has 2 bridgehead atoms. The largest absolute Gasteiger partial charge is 0.459 e. The molecule has 4 aliphatic rings. The Balaban J connectivity index is 1.49. The van der Waals surface area contributed by atoms with E-state index >= 15 is 0 Å². The molecule has 5 N–H and O–H groups in total. The van der Waals surface area contributed by atoms with E-state index < -0.39 is 54.9 Å². The van der Waals surface area contributed by atoms with Crippen molar-refractivity contribution in [3.8, 4) is 0 Å². The van der Waals surface area contributed by atoms with Crippen LogP contribution < -0.4 is 0 Å². The van der Waals surface area contributed by atoms with E-state index in [2.05, 4.69) is 13.8 Å². The Bertz CT molecular complexity index is 654. The summed E-state index contributed by atoms with van der Waals surface area (Å²) in [5, 5.41) is 50.7. The van der Waals surface area contributed by atoms with Crippen molar-refractivity contribution in [2.75, 3.05) is 13.2 Å². The summed E-state index contributed by atoms with van der Waals surface area (Å²) in [5.74, 6) is -0.361. The van der Waals surface area contributed by atoms with Crippen molar-refractivity contribution < 1.29 is 44.5 Å². The summed E-state index contributed by atoms with van der Waals surface area (Å²) in [7, 11) is 0. The van der Waals surface area contributed by atoms with Gasteiger partial charge in [-0.2, -0.15) is 0 Å². The number of hydrogen-bond donors (Lipinski definition) is 5. The number of ether oxygens (including phenoxy) is 3. The molecule has 0 spiro atoms. The highest BCUT2D eigenvalue weighted by Gasteiger charge is 2.68. The first-order valence-electron chi connectivity index (χ1n) is 10.9. The third-order valence-corrected chi connectivity index (χ3v) is 8.29. The van der Waals surface area contributed by atoms with E-state index in [0.29, 0.717) is 0 Å². The van der Waals surface area contributed by atoms with Crippen LogP contribution in [0.3, 0.4) is 0 Å². The summed E-state index contributed by atoms with van der Waals surface area (Å²) in [6, 6.07) is 0. The summed E-state index contributed by atoms with van der Waals surface area (Å²) in [5.41, 5.74) is -0.582. The van der Waals surface area contributed by atoms with E-state index in [1.54, 1.807) is 0 Å². The van der Waals surface area contributed by atoms with Gasteiger partial charge >= 0.3 is 5.97 Å². The highest BCUT2D eigenvalue weighted by atomic mass is 16.7. The van der Waals surface area contributed by atoms with Crippen LogP contribution in [-0.4, -0.2) is 87.6 Å². The molecule has 0 amide bonds. The summed E-state index contributed by atoms with van der Waals surface area (Å²) >= 11 is 0. The Morgan fingerprint density at radius 1 is 1.13 bits per heavy atom. The second-order valence-corrected chi connectivity index (χ2v) is 9.97. The minimum Gasteiger partial charge on any atom is -0.459 e. The molecule has 2 saturated heterocycles. The van der Waals surface area contributed by atoms with Gasteiger partial charge in [-0.1, -0.05) is 20.8 Å². The predicted molar refractivity (Wildman–Crippen MR) is 102 cm³/mol. The van der Waals surface area contributed by atoms with Crippen LogP contribution in [0.2, 0.25) is 0 Å². The van der Waals surface area contributed by atoms with Crippen LogP contribution in [0.15, 0.2) is 0 Å². The molecule has 0 aromatic rings. The van der Waals surface area contributed by atoms with Gasteiger partial charge in [0.25, 0.3) is 0 Å². The summed E-state index contributed by atoms with van der Waals surface area (Å²) in [6.07, 6.45) is -6.47. The van der Waals surface area contributed by atoms with Crippen molar-refractivity contribution in [2.45, 2.75) is 76.5 Å². The van der Waals surface area contributed by atoms with Crippen molar-refractivity contribution in [1.29, 1.82) is 0 Å². The SMILES string of the molecule is CC(C)[C@@H]1C2C(=O)OC1[C@H](O)[C@]1(C)[C@@H](CO[C@@H]3O[C@H](CO)[C@@H](O)[C@H](O)[C@H]3O)CC[C@H]21. The first kappa shape index (κ1) is 22.4. The summed E-state index contributed by atoms with van der Waals surface area (Å²) < 4.78 is 16.8. The molecule has 4 fully saturated rings. The van der Waals surface area contributed by atoms with E-state index in [0.717, 1.165) is 12.8 Å². The maximum absolute atomic E-state index is 12.6. The van der Waals surface area contributed by atoms with Gasteiger partial charge in [0, 0.05) is 11.3 Å². The van der Waals surface area contributed by atoms with Gasteiger partial charge in [0.1, 0.15) is 30.5 Å². The highest BCUT2D eigenvalue weighted by molar-refractivity contribution is 5.77. The molecule has 0 aromatic carbocycles. The van der Waals surface area contributed by atoms with Crippen molar-refractivity contribution in [3.05, 3.63) is 0 Å². The highest BCUT2D eigenvalue weighted by Crippen LogP contribution is 2.63. The van der Waals surface area contributed by atoms with Gasteiger partial charge in [-0.15, -0.1) is 0 Å². The van der Waals surface area contributed by atoms with Gasteiger partial charge in [-0.25, -0.2) is 0 Å². The molecule has 0 aromatic heterocycles. The minimum absolute atomic E-state index is 0.00399. The van der Waals surface area contributed by atoms with E-state index in [4.69, 9.17) is 14.2 Å². The maximum Gasteiger partial charge on any atom is 0.310 e. The van der Waals surface area contributed by atoms with Gasteiger partial charge in [-0.3, -0.25) is 4.79 Å². The average molecular weight is 430 g/mol. The molecule has 0 radical (unpaired) electrons. The number of aliphatic hydroxyl groups is 5. The molecule has 30 heavy (non-hydrogen) atoms. The van der Waals surface area contributed by atoms with E-state index in [-0.39, 0.29) is 42.2 Å². The third-order valence-electron chi connectivity index (χ3n) is 8.29. The maximum atomic E-state index is 12.6. The lowest BCUT2D eigenvalue weighted by atomic mass is 9.55. The Labute approximate surface area is 175 Å². The molecule has 4 rings (SSSR count). The molecule has 2 heterocycles. The van der Waals surface area contributed by atoms with Crippen molar-refractivity contribution in [2.24, 2.45) is 35.0 Å². The molecule has 172 valence electrons. The lowest BCUT2D eigenvalue weighted by Crippen LogP contribution is -2.60. The number of esters is 1. The fourth-order valence-corrected chi connectivity index (χ4v) is 6.52. The first-order valence-corrected chi connectivity index (χ1v) is 10.9.